The van der Waals surface area contributed by atoms with Crippen LogP contribution in [0.3, 0.4) is 0 Å². The quantitative estimate of drug-likeness (QED) is 0.160. The molecule has 0 fully saturated rings. The van der Waals surface area contributed by atoms with Crippen molar-refractivity contribution in [1.82, 2.24) is 4.57 Å². The van der Waals surface area contributed by atoms with Crippen LogP contribution in [0, 0.1) is 0 Å². The number of halogens is 1. The molecule has 3 nitrogen and oxygen atoms in total. The van der Waals surface area contributed by atoms with Gasteiger partial charge in [0, 0.05) is 37.1 Å². The molecule has 10 aromatic carbocycles. The second kappa shape index (κ2) is 14.7. The predicted molar refractivity (Wildman–Crippen MR) is 264 cm³/mol. The molecule has 0 N–H and O–H groups in total. The monoisotopic (exact) mass is 859 g/mol. The van der Waals surface area contributed by atoms with Crippen molar-refractivity contribution in [2.24, 2.45) is 0 Å². The van der Waals surface area contributed by atoms with Crippen LogP contribution in [-0.2, 0) is 0 Å². The zero-order valence-corrected chi connectivity index (χ0v) is 35.5. The Morgan fingerprint density at radius 3 is 1.82 bits per heavy atom. The molecule has 2 heterocycles. The Balaban J connectivity index is 1.03. The van der Waals surface area contributed by atoms with Gasteiger partial charge in [0.25, 0.3) is 0 Å². The highest BCUT2D eigenvalue weighted by Gasteiger charge is 2.20. The van der Waals surface area contributed by atoms with Gasteiger partial charge in [-0.1, -0.05) is 143 Å². The molecular weight excluding hydrogens is 823 g/mol. The molecule has 4 heteroatoms. The largest absolute Gasteiger partial charge is 0.493 e. The standard InChI is InChI=1S/C58H38BrNO2/c1-2-61-55-23-13-18-38-24-26-49-52-35-50(46-19-9-10-21-48(46)57(52)62-58(49)56(38)55)43-29-40(30-44(59)31-43)39-25-27-54-51(34-39)47-20-11-12-22-53(47)60(54)45-32-41(36-14-5-3-6-15-36)28-42(33-45)37-16-7-4-8-17-37/h3-35H,2H2,1H3. The summed E-state index contributed by atoms with van der Waals surface area (Å²) in [6.07, 6.45) is 0. The smallest absolute Gasteiger partial charge is 0.147 e. The first-order valence-corrected chi connectivity index (χ1v) is 21.9. The Kier molecular flexibility index (Phi) is 8.62. The zero-order chi connectivity index (χ0) is 41.3. The van der Waals surface area contributed by atoms with E-state index >= 15 is 0 Å². The number of nitrogens with zero attached hydrogens (tertiary/aromatic N) is 1. The van der Waals surface area contributed by atoms with Crippen LogP contribution < -0.4 is 4.74 Å². The molecule has 0 unspecified atom stereocenters. The lowest BCUT2D eigenvalue weighted by molar-refractivity contribution is 0.344. The van der Waals surface area contributed by atoms with Crippen LogP contribution in [-0.4, -0.2) is 11.2 Å². The van der Waals surface area contributed by atoms with Crippen LogP contribution >= 0.6 is 15.9 Å². The summed E-state index contributed by atoms with van der Waals surface area (Å²) in [5, 5.41) is 8.93. The third-order valence-electron chi connectivity index (χ3n) is 12.4. The number of ether oxygens (including phenoxy) is 1. The molecule has 0 amide bonds. The Morgan fingerprint density at radius 1 is 0.435 bits per heavy atom. The molecule has 12 rings (SSSR count). The molecule has 0 saturated heterocycles. The van der Waals surface area contributed by atoms with E-state index in [0.717, 1.165) is 87.2 Å². The van der Waals surface area contributed by atoms with Gasteiger partial charge in [0.05, 0.1) is 23.0 Å². The van der Waals surface area contributed by atoms with Crippen LogP contribution in [0.2, 0.25) is 0 Å². The van der Waals surface area contributed by atoms with Crippen LogP contribution in [0.25, 0.3) is 115 Å². The Bertz CT molecular complexity index is 3660. The van der Waals surface area contributed by atoms with E-state index in [1.807, 2.05) is 19.1 Å². The van der Waals surface area contributed by atoms with Gasteiger partial charge in [0.2, 0.25) is 0 Å². The van der Waals surface area contributed by atoms with Gasteiger partial charge in [-0.05, 0) is 135 Å². The van der Waals surface area contributed by atoms with E-state index in [0.29, 0.717) is 6.61 Å². The van der Waals surface area contributed by atoms with Crippen LogP contribution in [0.5, 0.6) is 5.75 Å². The van der Waals surface area contributed by atoms with Gasteiger partial charge in [-0.2, -0.15) is 0 Å². The second-order valence-electron chi connectivity index (χ2n) is 16.0. The van der Waals surface area contributed by atoms with Crippen molar-refractivity contribution in [3.05, 3.63) is 205 Å². The van der Waals surface area contributed by atoms with Crippen molar-refractivity contribution in [1.29, 1.82) is 0 Å². The molecular formula is C58H38BrNO2. The minimum Gasteiger partial charge on any atom is -0.493 e. The van der Waals surface area contributed by atoms with Gasteiger partial charge >= 0.3 is 0 Å². The zero-order valence-electron chi connectivity index (χ0n) is 33.9. The van der Waals surface area contributed by atoms with E-state index in [9.17, 15) is 0 Å². The van der Waals surface area contributed by atoms with Crippen molar-refractivity contribution in [3.8, 4) is 55.9 Å². The minimum atomic E-state index is 0.585. The topological polar surface area (TPSA) is 27.3 Å². The SMILES string of the molecule is CCOc1cccc2ccc3c4cc(-c5cc(Br)cc(-c6ccc7c(c6)c6ccccc6n7-c6cc(-c7ccccc7)cc(-c7ccccc7)c6)c5)c5ccccc5c4oc3c12. The first kappa shape index (κ1) is 36.5. The summed E-state index contributed by atoms with van der Waals surface area (Å²) in [4.78, 5) is 0. The third kappa shape index (κ3) is 5.94. The summed E-state index contributed by atoms with van der Waals surface area (Å²) in [7, 11) is 0. The molecule has 0 spiro atoms. The summed E-state index contributed by atoms with van der Waals surface area (Å²) >= 11 is 3.94. The van der Waals surface area contributed by atoms with Crippen molar-refractivity contribution in [3.63, 3.8) is 0 Å². The first-order chi connectivity index (χ1) is 30.6. The van der Waals surface area contributed by atoms with Crippen molar-refractivity contribution in [2.45, 2.75) is 6.92 Å². The summed E-state index contributed by atoms with van der Waals surface area (Å²) in [5.74, 6) is 0.841. The summed E-state index contributed by atoms with van der Waals surface area (Å²) in [6, 6.07) is 72.3. The highest BCUT2D eigenvalue weighted by Crippen LogP contribution is 2.45. The molecule has 0 bridgehead atoms. The lowest BCUT2D eigenvalue weighted by atomic mass is 9.93. The molecule has 0 aliphatic carbocycles. The first-order valence-electron chi connectivity index (χ1n) is 21.1. The van der Waals surface area contributed by atoms with Crippen molar-refractivity contribution >= 4 is 81.2 Å². The summed E-state index contributed by atoms with van der Waals surface area (Å²) in [6.45, 7) is 2.61. The van der Waals surface area contributed by atoms with E-state index in [1.165, 1.54) is 38.5 Å². The number of furan rings is 1. The number of aromatic nitrogens is 1. The lowest BCUT2D eigenvalue weighted by Crippen LogP contribution is -1.96. The fraction of sp³-hybridized carbons (Fsp3) is 0.0345. The number of benzene rings is 10. The number of hydrogen-bond acceptors (Lipinski definition) is 2. The summed E-state index contributed by atoms with van der Waals surface area (Å²) in [5.41, 5.74) is 14.5. The number of fused-ring (bicyclic) bond motifs is 10. The van der Waals surface area contributed by atoms with Crippen molar-refractivity contribution in [2.75, 3.05) is 6.61 Å². The van der Waals surface area contributed by atoms with Crippen LogP contribution in [0.15, 0.2) is 209 Å². The lowest BCUT2D eigenvalue weighted by Gasteiger charge is -2.14. The normalized spacial score (nSPS) is 11.8. The van der Waals surface area contributed by atoms with Gasteiger partial charge < -0.3 is 13.7 Å². The third-order valence-corrected chi connectivity index (χ3v) is 12.8. The van der Waals surface area contributed by atoms with E-state index in [4.69, 9.17) is 9.15 Å². The number of hydrogen-bond donors (Lipinski definition) is 0. The van der Waals surface area contributed by atoms with Gasteiger partial charge in [-0.15, -0.1) is 0 Å². The van der Waals surface area contributed by atoms with Crippen molar-refractivity contribution < 1.29 is 9.15 Å². The average molecular weight is 861 g/mol. The Labute approximate surface area is 367 Å². The number of rotatable bonds is 7. The van der Waals surface area contributed by atoms with Gasteiger partial charge in [0.15, 0.2) is 0 Å². The van der Waals surface area contributed by atoms with E-state index in [2.05, 4.69) is 209 Å². The molecule has 2 aromatic heterocycles. The molecule has 0 aliphatic rings. The highest BCUT2D eigenvalue weighted by atomic mass is 79.9. The maximum atomic E-state index is 6.85. The van der Waals surface area contributed by atoms with Crippen LogP contribution in [0.4, 0.5) is 0 Å². The molecule has 12 aromatic rings. The fourth-order valence-electron chi connectivity index (χ4n) is 9.58. The molecule has 0 aliphatic heterocycles. The minimum absolute atomic E-state index is 0.585. The maximum Gasteiger partial charge on any atom is 0.147 e. The van der Waals surface area contributed by atoms with Crippen LogP contribution in [0.1, 0.15) is 6.92 Å². The van der Waals surface area contributed by atoms with E-state index in [1.54, 1.807) is 0 Å². The highest BCUT2D eigenvalue weighted by molar-refractivity contribution is 9.10. The Morgan fingerprint density at radius 2 is 1.06 bits per heavy atom. The van der Waals surface area contributed by atoms with Gasteiger partial charge in [-0.3, -0.25) is 0 Å². The molecule has 0 atom stereocenters. The Hall–Kier alpha value is -7.40. The predicted octanol–water partition coefficient (Wildman–Crippen LogP) is 16.8. The maximum absolute atomic E-state index is 6.85. The summed E-state index contributed by atoms with van der Waals surface area (Å²) < 4.78 is 16.4. The van der Waals surface area contributed by atoms with Gasteiger partial charge in [0.1, 0.15) is 16.9 Å². The van der Waals surface area contributed by atoms with E-state index in [-0.39, 0.29) is 0 Å². The molecule has 0 radical (unpaired) electrons. The van der Waals surface area contributed by atoms with E-state index < -0.39 is 0 Å². The second-order valence-corrected chi connectivity index (χ2v) is 16.9. The van der Waals surface area contributed by atoms with Gasteiger partial charge in [-0.25, -0.2) is 0 Å². The molecule has 294 valence electrons. The number of para-hydroxylation sites is 1. The molecule has 0 saturated carbocycles. The average Bonchev–Trinajstić information content (AvgIpc) is 3.87. The molecule has 62 heavy (non-hydrogen) atoms. The fourth-order valence-corrected chi connectivity index (χ4v) is 10.1.